The quantitative estimate of drug-likeness (QED) is 0.623. The summed E-state index contributed by atoms with van der Waals surface area (Å²) in [7, 11) is 1.63. The van der Waals surface area contributed by atoms with Gasteiger partial charge in [0.15, 0.2) is 5.76 Å². The number of carbonyl (C=O) groups excluding carboxylic acids is 1. The number of aryl methyl sites for hydroxylation is 1. The number of rotatable bonds is 7. The lowest BCUT2D eigenvalue weighted by atomic mass is 10.1. The number of ether oxygens (including phenoxy) is 1. The fourth-order valence-corrected chi connectivity index (χ4v) is 2.99. The van der Waals surface area contributed by atoms with E-state index < -0.39 is 0 Å². The number of nitrogens with zero attached hydrogens (tertiary/aromatic N) is 1. The Balaban J connectivity index is 1.50. The van der Waals surface area contributed by atoms with E-state index in [1.54, 1.807) is 19.6 Å². The Bertz CT molecular complexity index is 861. The molecule has 1 amide bonds. The van der Waals surface area contributed by atoms with Crippen LogP contribution in [-0.2, 0) is 17.8 Å². The molecular formula is C20H19BrN2O3. The van der Waals surface area contributed by atoms with Crippen molar-refractivity contribution >= 4 is 21.8 Å². The minimum Gasteiger partial charge on any atom is -0.496 e. The van der Waals surface area contributed by atoms with Gasteiger partial charge in [-0.1, -0.05) is 22.0 Å². The molecular weight excluding hydrogens is 396 g/mol. The molecule has 1 aromatic carbocycles. The molecule has 3 rings (SSSR count). The fourth-order valence-electron chi connectivity index (χ4n) is 2.58. The van der Waals surface area contributed by atoms with E-state index in [1.165, 1.54) is 0 Å². The summed E-state index contributed by atoms with van der Waals surface area (Å²) in [5.41, 5.74) is 2.71. The molecule has 0 radical (unpaired) electrons. The van der Waals surface area contributed by atoms with Crippen LogP contribution in [0.15, 0.2) is 63.8 Å². The molecule has 0 bridgehead atoms. The van der Waals surface area contributed by atoms with Gasteiger partial charge in [0.05, 0.1) is 13.4 Å². The monoisotopic (exact) mass is 414 g/mol. The zero-order valence-corrected chi connectivity index (χ0v) is 16.0. The second-order valence-electron chi connectivity index (χ2n) is 5.76. The second kappa shape index (κ2) is 8.67. The van der Waals surface area contributed by atoms with Crippen molar-refractivity contribution < 1.29 is 13.9 Å². The first-order valence-corrected chi connectivity index (χ1v) is 9.03. The third-order valence-electron chi connectivity index (χ3n) is 3.95. The van der Waals surface area contributed by atoms with Crippen LogP contribution < -0.4 is 10.1 Å². The zero-order chi connectivity index (χ0) is 18.4. The lowest BCUT2D eigenvalue weighted by molar-refractivity contribution is -0.121. The number of aromatic nitrogens is 1. The smallest absolute Gasteiger partial charge is 0.220 e. The van der Waals surface area contributed by atoms with Gasteiger partial charge in [-0.05, 0) is 53.9 Å². The van der Waals surface area contributed by atoms with Crippen molar-refractivity contribution in [3.05, 3.63) is 70.5 Å². The molecule has 6 heteroatoms. The highest BCUT2D eigenvalue weighted by atomic mass is 79.9. The predicted molar refractivity (Wildman–Crippen MR) is 103 cm³/mol. The van der Waals surface area contributed by atoms with Crippen LogP contribution in [0.5, 0.6) is 5.75 Å². The van der Waals surface area contributed by atoms with E-state index in [-0.39, 0.29) is 5.91 Å². The molecule has 0 atom stereocenters. The number of benzene rings is 1. The number of amides is 1. The van der Waals surface area contributed by atoms with Gasteiger partial charge < -0.3 is 14.5 Å². The SMILES string of the molecule is COc1ccc(Br)cc1CCC(=O)NCc1ccc(-c2ccco2)nc1. The van der Waals surface area contributed by atoms with Gasteiger partial charge in [0.2, 0.25) is 5.91 Å². The van der Waals surface area contributed by atoms with Crippen LogP contribution in [-0.4, -0.2) is 18.0 Å². The van der Waals surface area contributed by atoms with Gasteiger partial charge in [0.1, 0.15) is 11.4 Å². The summed E-state index contributed by atoms with van der Waals surface area (Å²) in [5, 5.41) is 2.92. The van der Waals surface area contributed by atoms with Crippen LogP contribution in [0.2, 0.25) is 0 Å². The Morgan fingerprint density at radius 1 is 1.27 bits per heavy atom. The highest BCUT2D eigenvalue weighted by Gasteiger charge is 2.08. The maximum Gasteiger partial charge on any atom is 0.220 e. The highest BCUT2D eigenvalue weighted by molar-refractivity contribution is 9.10. The third kappa shape index (κ3) is 4.73. The summed E-state index contributed by atoms with van der Waals surface area (Å²) in [6, 6.07) is 13.3. The van der Waals surface area contributed by atoms with Crippen molar-refractivity contribution in [3.63, 3.8) is 0 Å². The summed E-state index contributed by atoms with van der Waals surface area (Å²) in [6.45, 7) is 0.444. The van der Waals surface area contributed by atoms with E-state index in [4.69, 9.17) is 9.15 Å². The van der Waals surface area contributed by atoms with Gasteiger partial charge in [-0.25, -0.2) is 0 Å². The molecule has 0 aliphatic rings. The average molecular weight is 415 g/mol. The second-order valence-corrected chi connectivity index (χ2v) is 6.68. The minimum absolute atomic E-state index is 0.0119. The van der Waals surface area contributed by atoms with Crippen molar-refractivity contribution in [1.29, 1.82) is 0 Å². The maximum atomic E-state index is 12.1. The van der Waals surface area contributed by atoms with Crippen molar-refractivity contribution in [3.8, 4) is 17.2 Å². The summed E-state index contributed by atoms with van der Waals surface area (Å²) in [5.74, 6) is 1.50. The highest BCUT2D eigenvalue weighted by Crippen LogP contribution is 2.24. The van der Waals surface area contributed by atoms with Crippen molar-refractivity contribution in [2.45, 2.75) is 19.4 Å². The van der Waals surface area contributed by atoms with E-state index in [2.05, 4.69) is 26.2 Å². The molecule has 0 aliphatic carbocycles. The van der Waals surface area contributed by atoms with E-state index in [0.29, 0.717) is 19.4 Å². The molecule has 0 saturated carbocycles. The van der Waals surface area contributed by atoms with Gasteiger partial charge in [-0.3, -0.25) is 9.78 Å². The molecule has 0 unspecified atom stereocenters. The summed E-state index contributed by atoms with van der Waals surface area (Å²) in [4.78, 5) is 16.5. The number of nitrogens with one attached hydrogen (secondary N) is 1. The minimum atomic E-state index is -0.0119. The van der Waals surface area contributed by atoms with Gasteiger partial charge >= 0.3 is 0 Å². The topological polar surface area (TPSA) is 64.4 Å². The first-order valence-electron chi connectivity index (χ1n) is 8.23. The normalized spacial score (nSPS) is 10.5. The Morgan fingerprint density at radius 2 is 2.15 bits per heavy atom. The van der Waals surface area contributed by atoms with Gasteiger partial charge in [-0.2, -0.15) is 0 Å². The molecule has 0 saturated heterocycles. The number of hydrogen-bond acceptors (Lipinski definition) is 4. The first-order chi connectivity index (χ1) is 12.7. The number of methoxy groups -OCH3 is 1. The Labute approximate surface area is 160 Å². The predicted octanol–water partition coefficient (Wildman–Crippen LogP) is 4.36. The van der Waals surface area contributed by atoms with E-state index in [1.807, 2.05) is 42.5 Å². The maximum absolute atomic E-state index is 12.1. The molecule has 134 valence electrons. The number of halogens is 1. The van der Waals surface area contributed by atoms with Crippen LogP contribution in [0.25, 0.3) is 11.5 Å². The summed E-state index contributed by atoms with van der Waals surface area (Å²) >= 11 is 3.44. The molecule has 26 heavy (non-hydrogen) atoms. The molecule has 2 heterocycles. The lowest BCUT2D eigenvalue weighted by Gasteiger charge is -2.09. The van der Waals surface area contributed by atoms with Crippen LogP contribution in [0.1, 0.15) is 17.5 Å². The van der Waals surface area contributed by atoms with E-state index in [0.717, 1.165) is 32.8 Å². The van der Waals surface area contributed by atoms with Crippen molar-refractivity contribution in [1.82, 2.24) is 10.3 Å². The van der Waals surface area contributed by atoms with Gasteiger partial charge in [0, 0.05) is 23.6 Å². The van der Waals surface area contributed by atoms with Crippen LogP contribution in [0, 0.1) is 0 Å². The number of furan rings is 1. The zero-order valence-electron chi connectivity index (χ0n) is 14.4. The van der Waals surface area contributed by atoms with E-state index in [9.17, 15) is 4.79 Å². The first kappa shape index (κ1) is 18.2. The largest absolute Gasteiger partial charge is 0.496 e. The van der Waals surface area contributed by atoms with Crippen LogP contribution in [0.4, 0.5) is 0 Å². The summed E-state index contributed by atoms with van der Waals surface area (Å²) in [6.07, 6.45) is 4.37. The molecule has 0 spiro atoms. The number of carbonyl (C=O) groups is 1. The number of pyridine rings is 1. The fraction of sp³-hybridized carbons (Fsp3) is 0.200. The molecule has 5 nitrogen and oxygen atoms in total. The average Bonchev–Trinajstić information content (AvgIpc) is 3.20. The van der Waals surface area contributed by atoms with Gasteiger partial charge in [0.25, 0.3) is 0 Å². The van der Waals surface area contributed by atoms with Crippen LogP contribution in [0.3, 0.4) is 0 Å². The van der Waals surface area contributed by atoms with Crippen molar-refractivity contribution in [2.75, 3.05) is 7.11 Å². The Morgan fingerprint density at radius 3 is 2.85 bits per heavy atom. The Kier molecular flexibility index (Phi) is 6.07. The van der Waals surface area contributed by atoms with Gasteiger partial charge in [-0.15, -0.1) is 0 Å². The third-order valence-corrected chi connectivity index (χ3v) is 4.45. The van der Waals surface area contributed by atoms with Crippen LogP contribution >= 0.6 is 15.9 Å². The number of hydrogen-bond donors (Lipinski definition) is 1. The lowest BCUT2D eigenvalue weighted by Crippen LogP contribution is -2.23. The Hall–Kier alpha value is -2.60. The molecule has 0 aliphatic heterocycles. The molecule has 3 aromatic rings. The van der Waals surface area contributed by atoms with E-state index >= 15 is 0 Å². The van der Waals surface area contributed by atoms with Crippen molar-refractivity contribution in [2.24, 2.45) is 0 Å². The summed E-state index contributed by atoms with van der Waals surface area (Å²) < 4.78 is 11.6. The standard InChI is InChI=1S/C20H19BrN2O3/c1-25-18-8-6-16(21)11-15(18)5-9-20(24)23-13-14-4-7-17(22-12-14)19-3-2-10-26-19/h2-4,6-8,10-12H,5,9,13H2,1H3,(H,23,24). The molecule has 0 fully saturated rings. The molecule has 1 N–H and O–H groups in total. The molecule has 2 aromatic heterocycles.